The predicted molar refractivity (Wildman–Crippen MR) is 141 cm³/mol. The van der Waals surface area contributed by atoms with E-state index in [0.29, 0.717) is 6.54 Å². The van der Waals surface area contributed by atoms with E-state index < -0.39 is 0 Å². The minimum atomic E-state index is 0. The van der Waals surface area contributed by atoms with Crippen LogP contribution in [0.25, 0.3) is 0 Å². The van der Waals surface area contributed by atoms with Gasteiger partial charge in [0, 0.05) is 64.9 Å². The molecular formula is C22H35ClIN7. The van der Waals surface area contributed by atoms with Crippen LogP contribution in [0.15, 0.2) is 35.6 Å². The number of hydrogen-bond donors (Lipinski definition) is 1. The van der Waals surface area contributed by atoms with Crippen LogP contribution < -0.4 is 10.2 Å². The Morgan fingerprint density at radius 3 is 2.58 bits per heavy atom. The summed E-state index contributed by atoms with van der Waals surface area (Å²) in [6, 6.07) is 6.22. The molecule has 2 aromatic heterocycles. The number of hydrogen-bond acceptors (Lipinski definition) is 4. The SMILES string of the molecule is CCNC(=NCc1ccnc(N2CCN(CC)CC2)c1)N(C)Cc1cc(Cl)cn1C.I. The zero-order valence-corrected chi connectivity index (χ0v) is 22.1. The second kappa shape index (κ2) is 12.5. The lowest BCUT2D eigenvalue weighted by atomic mass is 10.2. The molecule has 2 aromatic rings. The maximum atomic E-state index is 6.13. The van der Waals surface area contributed by atoms with E-state index in [1.807, 2.05) is 32.6 Å². The molecule has 9 heteroatoms. The molecular weight excluding hydrogens is 525 g/mol. The first-order chi connectivity index (χ1) is 14.5. The number of likely N-dealkylation sites (N-methyl/N-ethyl adjacent to an activating group) is 1. The van der Waals surface area contributed by atoms with Gasteiger partial charge in [0.1, 0.15) is 5.82 Å². The van der Waals surface area contributed by atoms with E-state index in [4.69, 9.17) is 16.6 Å². The molecule has 0 aliphatic carbocycles. The molecule has 172 valence electrons. The van der Waals surface area contributed by atoms with E-state index in [9.17, 15) is 0 Å². The molecule has 0 aromatic carbocycles. The molecule has 0 amide bonds. The monoisotopic (exact) mass is 559 g/mol. The number of anilines is 1. The highest BCUT2D eigenvalue weighted by molar-refractivity contribution is 14.0. The first-order valence-electron chi connectivity index (χ1n) is 10.7. The molecule has 1 aliphatic rings. The molecule has 1 N–H and O–H groups in total. The summed E-state index contributed by atoms with van der Waals surface area (Å²) in [6.07, 6.45) is 3.82. The quantitative estimate of drug-likeness (QED) is 0.320. The molecule has 0 unspecified atom stereocenters. The van der Waals surface area contributed by atoms with Crippen LogP contribution in [0.1, 0.15) is 25.1 Å². The molecule has 1 saturated heterocycles. The highest BCUT2D eigenvalue weighted by atomic mass is 127. The Labute approximate surface area is 208 Å². The van der Waals surface area contributed by atoms with Crippen molar-refractivity contribution in [1.82, 2.24) is 24.7 Å². The van der Waals surface area contributed by atoms with Crippen LogP contribution in [-0.4, -0.2) is 71.6 Å². The van der Waals surface area contributed by atoms with Crippen molar-refractivity contribution in [2.75, 3.05) is 51.2 Å². The van der Waals surface area contributed by atoms with Gasteiger partial charge in [-0.25, -0.2) is 9.98 Å². The van der Waals surface area contributed by atoms with Crippen LogP contribution in [0.4, 0.5) is 5.82 Å². The third-order valence-electron chi connectivity index (χ3n) is 5.53. The van der Waals surface area contributed by atoms with Crippen LogP contribution in [0.2, 0.25) is 5.02 Å². The number of guanidine groups is 1. The van der Waals surface area contributed by atoms with Gasteiger partial charge in [0.2, 0.25) is 0 Å². The fourth-order valence-corrected chi connectivity index (χ4v) is 3.97. The number of halogens is 2. The molecule has 3 heterocycles. The minimum Gasteiger partial charge on any atom is -0.357 e. The summed E-state index contributed by atoms with van der Waals surface area (Å²) >= 11 is 6.13. The Bertz CT molecular complexity index is 846. The molecule has 1 aliphatic heterocycles. The molecule has 1 fully saturated rings. The fourth-order valence-electron chi connectivity index (χ4n) is 3.70. The van der Waals surface area contributed by atoms with Crippen LogP contribution in [-0.2, 0) is 20.1 Å². The van der Waals surface area contributed by atoms with Gasteiger partial charge in [0.25, 0.3) is 0 Å². The van der Waals surface area contributed by atoms with Crippen molar-refractivity contribution in [3.8, 4) is 0 Å². The second-order valence-electron chi connectivity index (χ2n) is 7.73. The number of piperazine rings is 1. The maximum absolute atomic E-state index is 6.13. The maximum Gasteiger partial charge on any atom is 0.194 e. The van der Waals surface area contributed by atoms with Crippen LogP contribution in [0, 0.1) is 0 Å². The summed E-state index contributed by atoms with van der Waals surface area (Å²) in [5, 5.41) is 4.15. The van der Waals surface area contributed by atoms with Crippen LogP contribution in [0.3, 0.4) is 0 Å². The van der Waals surface area contributed by atoms with Crippen molar-refractivity contribution in [2.24, 2.45) is 12.0 Å². The molecule has 7 nitrogen and oxygen atoms in total. The molecule has 0 radical (unpaired) electrons. The van der Waals surface area contributed by atoms with Gasteiger partial charge in [-0.1, -0.05) is 18.5 Å². The molecule has 31 heavy (non-hydrogen) atoms. The van der Waals surface area contributed by atoms with Crippen LogP contribution in [0.5, 0.6) is 0 Å². The summed E-state index contributed by atoms with van der Waals surface area (Å²) in [6.45, 7) is 11.8. The normalized spacial score (nSPS) is 15.0. The molecule has 0 atom stereocenters. The minimum absolute atomic E-state index is 0. The highest BCUT2D eigenvalue weighted by Crippen LogP contribution is 2.17. The predicted octanol–water partition coefficient (Wildman–Crippen LogP) is 3.43. The number of aromatic nitrogens is 2. The van der Waals surface area contributed by atoms with Gasteiger partial charge >= 0.3 is 0 Å². The van der Waals surface area contributed by atoms with E-state index in [1.54, 1.807) is 0 Å². The summed E-state index contributed by atoms with van der Waals surface area (Å²) in [5.74, 6) is 1.93. The second-order valence-corrected chi connectivity index (χ2v) is 8.17. The number of aryl methyl sites for hydroxylation is 1. The van der Waals surface area contributed by atoms with E-state index in [2.05, 4.69) is 55.5 Å². The lowest BCUT2D eigenvalue weighted by molar-refractivity contribution is 0.270. The Morgan fingerprint density at radius 1 is 1.23 bits per heavy atom. The van der Waals surface area contributed by atoms with Crippen molar-refractivity contribution in [3.05, 3.63) is 46.9 Å². The van der Waals surface area contributed by atoms with Crippen molar-refractivity contribution in [1.29, 1.82) is 0 Å². The summed E-state index contributed by atoms with van der Waals surface area (Å²) in [4.78, 5) is 16.4. The van der Waals surface area contributed by atoms with Crippen molar-refractivity contribution in [2.45, 2.75) is 26.9 Å². The standard InChI is InChI=1S/C22H34ClN7.HI/c1-5-24-22(28(4)17-20-14-19(23)16-27(20)3)26-15-18-7-8-25-21(13-18)30-11-9-29(6-2)10-12-30;/h7-8,13-14,16H,5-6,9-12,15,17H2,1-4H3,(H,24,26);1H. The average Bonchev–Trinajstić information content (AvgIpc) is 3.07. The Balaban J connectivity index is 0.00000341. The largest absolute Gasteiger partial charge is 0.357 e. The highest BCUT2D eigenvalue weighted by Gasteiger charge is 2.17. The number of nitrogens with one attached hydrogen (secondary N) is 1. The van der Waals surface area contributed by atoms with Crippen molar-refractivity contribution < 1.29 is 0 Å². The molecule has 0 spiro atoms. The topological polar surface area (TPSA) is 51.9 Å². The summed E-state index contributed by atoms with van der Waals surface area (Å²) in [7, 11) is 4.06. The first-order valence-corrected chi connectivity index (χ1v) is 11.1. The van der Waals surface area contributed by atoms with Crippen LogP contribution >= 0.6 is 35.6 Å². The number of rotatable bonds is 7. The Morgan fingerprint density at radius 2 is 1.97 bits per heavy atom. The van der Waals surface area contributed by atoms with Gasteiger partial charge in [-0.15, -0.1) is 24.0 Å². The summed E-state index contributed by atoms with van der Waals surface area (Å²) < 4.78 is 2.05. The lowest BCUT2D eigenvalue weighted by Crippen LogP contribution is -2.46. The molecule has 0 saturated carbocycles. The smallest absolute Gasteiger partial charge is 0.194 e. The first kappa shape index (κ1) is 25.7. The molecule has 0 bridgehead atoms. The Kier molecular flexibility index (Phi) is 10.4. The lowest BCUT2D eigenvalue weighted by Gasteiger charge is -2.34. The van der Waals surface area contributed by atoms with Gasteiger partial charge < -0.3 is 24.6 Å². The number of pyridine rings is 1. The average molecular weight is 560 g/mol. The third-order valence-corrected chi connectivity index (χ3v) is 5.74. The van der Waals surface area contributed by atoms with Gasteiger partial charge in [-0.05, 0) is 37.2 Å². The fraction of sp³-hybridized carbons (Fsp3) is 0.545. The van der Waals surface area contributed by atoms with Gasteiger partial charge in [-0.3, -0.25) is 0 Å². The van der Waals surface area contributed by atoms with E-state index >= 15 is 0 Å². The number of aliphatic imine (C=N–C) groups is 1. The van der Waals surface area contributed by atoms with Crippen molar-refractivity contribution in [3.63, 3.8) is 0 Å². The molecule has 3 rings (SSSR count). The zero-order valence-electron chi connectivity index (χ0n) is 19.0. The van der Waals surface area contributed by atoms with Gasteiger partial charge in [-0.2, -0.15) is 0 Å². The Hall–Kier alpha value is -1.52. The number of nitrogens with zero attached hydrogens (tertiary/aromatic N) is 6. The zero-order chi connectivity index (χ0) is 21.5. The van der Waals surface area contributed by atoms with Gasteiger partial charge in [0.15, 0.2) is 5.96 Å². The van der Waals surface area contributed by atoms with E-state index in [1.165, 1.54) is 5.56 Å². The third kappa shape index (κ3) is 7.25. The summed E-state index contributed by atoms with van der Waals surface area (Å²) in [5.41, 5.74) is 2.31. The van der Waals surface area contributed by atoms with Gasteiger partial charge in [0.05, 0.1) is 18.1 Å². The van der Waals surface area contributed by atoms with E-state index in [0.717, 1.165) is 68.3 Å². The van der Waals surface area contributed by atoms with Crippen molar-refractivity contribution >= 4 is 47.4 Å². The van der Waals surface area contributed by atoms with E-state index in [-0.39, 0.29) is 24.0 Å².